The molecule has 1 aliphatic heterocycles. The van der Waals surface area contributed by atoms with E-state index in [0.29, 0.717) is 17.1 Å². The average Bonchev–Trinajstić information content (AvgIpc) is 3.01. The van der Waals surface area contributed by atoms with Gasteiger partial charge in [-0.25, -0.2) is 17.5 Å². The van der Waals surface area contributed by atoms with Crippen LogP contribution < -0.4 is 14.2 Å². The summed E-state index contributed by atoms with van der Waals surface area (Å²) >= 11 is 0. The Kier molecular flexibility index (Phi) is 4.20. The fourth-order valence-corrected chi connectivity index (χ4v) is 3.52. The molecule has 0 spiro atoms. The summed E-state index contributed by atoms with van der Waals surface area (Å²) in [5, 5.41) is 10.6. The lowest BCUT2D eigenvalue weighted by Gasteiger charge is -2.24. The van der Waals surface area contributed by atoms with Gasteiger partial charge in [0.05, 0.1) is 0 Å². The van der Waals surface area contributed by atoms with E-state index < -0.39 is 26.3 Å². The Bertz CT molecular complexity index is 867. The van der Waals surface area contributed by atoms with Crippen molar-refractivity contribution in [2.24, 2.45) is 0 Å². The zero-order valence-corrected chi connectivity index (χ0v) is 13.6. The molecule has 0 fully saturated rings. The minimum absolute atomic E-state index is 0.0981. The third kappa shape index (κ3) is 3.21. The summed E-state index contributed by atoms with van der Waals surface area (Å²) in [7, 11) is -4.08. The molecule has 1 unspecified atom stereocenters. The quantitative estimate of drug-likeness (QED) is 0.855. The maximum absolute atomic E-state index is 13.7. The van der Waals surface area contributed by atoms with E-state index in [2.05, 4.69) is 4.72 Å². The van der Waals surface area contributed by atoms with Crippen molar-refractivity contribution in [2.75, 3.05) is 13.3 Å². The van der Waals surface area contributed by atoms with Crippen molar-refractivity contribution in [1.29, 1.82) is 0 Å². The summed E-state index contributed by atoms with van der Waals surface area (Å²) in [5.41, 5.74) is -1.07. The summed E-state index contributed by atoms with van der Waals surface area (Å²) < 4.78 is 50.8. The van der Waals surface area contributed by atoms with E-state index in [-0.39, 0.29) is 13.3 Å². The van der Waals surface area contributed by atoms with Gasteiger partial charge in [-0.2, -0.15) is 0 Å². The van der Waals surface area contributed by atoms with Gasteiger partial charge in [-0.1, -0.05) is 18.2 Å². The molecule has 1 heterocycles. The first-order valence-corrected chi connectivity index (χ1v) is 8.65. The Morgan fingerprint density at radius 3 is 2.67 bits per heavy atom. The predicted molar refractivity (Wildman–Crippen MR) is 83.7 cm³/mol. The number of hydrogen-bond acceptors (Lipinski definition) is 5. The van der Waals surface area contributed by atoms with Crippen LogP contribution in [0.5, 0.6) is 11.5 Å². The molecule has 6 nitrogen and oxygen atoms in total. The predicted octanol–water partition coefficient (Wildman–Crippen LogP) is 1.74. The number of rotatable bonds is 5. The van der Waals surface area contributed by atoms with Gasteiger partial charge in [0.25, 0.3) is 0 Å². The SMILES string of the molecule is CC(O)(CNS(=O)(=O)c1ccccc1F)c1ccc2c(c1)OCO2. The molecule has 2 aromatic rings. The lowest BCUT2D eigenvalue weighted by atomic mass is 9.96. The number of halogens is 1. The number of hydrogen-bond donors (Lipinski definition) is 2. The van der Waals surface area contributed by atoms with Crippen LogP contribution in [-0.2, 0) is 15.6 Å². The molecule has 0 aromatic heterocycles. The topological polar surface area (TPSA) is 84.9 Å². The Morgan fingerprint density at radius 2 is 1.92 bits per heavy atom. The molecule has 0 aliphatic carbocycles. The lowest BCUT2D eigenvalue weighted by Crippen LogP contribution is -2.38. The van der Waals surface area contributed by atoms with E-state index >= 15 is 0 Å². The van der Waals surface area contributed by atoms with E-state index in [4.69, 9.17) is 9.47 Å². The maximum Gasteiger partial charge on any atom is 0.243 e. The van der Waals surface area contributed by atoms with Crippen molar-refractivity contribution >= 4 is 10.0 Å². The highest BCUT2D eigenvalue weighted by Gasteiger charge is 2.29. The average molecular weight is 353 g/mol. The number of ether oxygens (including phenoxy) is 2. The van der Waals surface area contributed by atoms with E-state index in [1.165, 1.54) is 19.1 Å². The van der Waals surface area contributed by atoms with Crippen molar-refractivity contribution in [3.05, 3.63) is 53.8 Å². The summed E-state index contributed by atoms with van der Waals surface area (Å²) in [6.07, 6.45) is 0. The van der Waals surface area contributed by atoms with Crippen LogP contribution in [-0.4, -0.2) is 26.9 Å². The van der Waals surface area contributed by atoms with Crippen molar-refractivity contribution in [2.45, 2.75) is 17.4 Å². The van der Waals surface area contributed by atoms with Gasteiger partial charge in [0.15, 0.2) is 11.5 Å². The van der Waals surface area contributed by atoms with E-state index in [0.717, 1.165) is 12.1 Å². The van der Waals surface area contributed by atoms with Gasteiger partial charge in [-0.15, -0.1) is 0 Å². The van der Waals surface area contributed by atoms with Crippen LogP contribution in [0.3, 0.4) is 0 Å². The molecule has 2 N–H and O–H groups in total. The second kappa shape index (κ2) is 6.04. The largest absolute Gasteiger partial charge is 0.454 e. The molecular formula is C16H16FNO5S. The van der Waals surface area contributed by atoms with Gasteiger partial charge in [0.2, 0.25) is 16.8 Å². The third-order valence-electron chi connectivity index (χ3n) is 3.73. The molecule has 24 heavy (non-hydrogen) atoms. The van der Waals surface area contributed by atoms with E-state index in [9.17, 15) is 17.9 Å². The van der Waals surface area contributed by atoms with E-state index in [1.807, 2.05) is 0 Å². The number of aliphatic hydroxyl groups is 1. The highest BCUT2D eigenvalue weighted by molar-refractivity contribution is 7.89. The minimum Gasteiger partial charge on any atom is -0.454 e. The Hall–Kier alpha value is -2.16. The molecule has 8 heteroatoms. The molecule has 128 valence electrons. The van der Waals surface area contributed by atoms with Gasteiger partial charge in [0.1, 0.15) is 16.3 Å². The summed E-state index contributed by atoms with van der Waals surface area (Å²) in [4.78, 5) is -0.466. The minimum atomic E-state index is -4.08. The second-order valence-corrected chi connectivity index (χ2v) is 7.33. The van der Waals surface area contributed by atoms with Crippen LogP contribution in [0.2, 0.25) is 0 Å². The summed E-state index contributed by atoms with van der Waals surface area (Å²) in [6, 6.07) is 9.88. The molecule has 0 saturated carbocycles. The first-order chi connectivity index (χ1) is 11.3. The third-order valence-corrected chi connectivity index (χ3v) is 5.16. The first-order valence-electron chi connectivity index (χ1n) is 7.16. The molecular weight excluding hydrogens is 337 g/mol. The number of benzene rings is 2. The first kappa shape index (κ1) is 16.7. The Labute approximate surface area is 138 Å². The van der Waals surface area contributed by atoms with Crippen molar-refractivity contribution in [1.82, 2.24) is 4.72 Å². The van der Waals surface area contributed by atoms with Crippen molar-refractivity contribution in [3.63, 3.8) is 0 Å². The zero-order chi connectivity index (χ0) is 17.4. The van der Waals surface area contributed by atoms with Crippen LogP contribution in [0.25, 0.3) is 0 Å². The molecule has 2 aromatic carbocycles. The monoisotopic (exact) mass is 353 g/mol. The second-order valence-electron chi connectivity index (χ2n) is 5.60. The van der Waals surface area contributed by atoms with Crippen LogP contribution in [0.4, 0.5) is 4.39 Å². The lowest BCUT2D eigenvalue weighted by molar-refractivity contribution is 0.0625. The fraction of sp³-hybridized carbons (Fsp3) is 0.250. The Morgan fingerprint density at radius 1 is 1.21 bits per heavy atom. The smallest absolute Gasteiger partial charge is 0.243 e. The Balaban J connectivity index is 1.79. The van der Waals surface area contributed by atoms with Crippen molar-refractivity contribution < 1.29 is 27.4 Å². The molecule has 0 amide bonds. The normalized spacial score (nSPS) is 16.0. The van der Waals surface area contributed by atoms with Gasteiger partial charge in [-0.3, -0.25) is 0 Å². The number of fused-ring (bicyclic) bond motifs is 1. The van der Waals surface area contributed by atoms with Crippen molar-refractivity contribution in [3.8, 4) is 11.5 Å². The molecule has 1 aliphatic rings. The standard InChI is InChI=1S/C16H16FNO5S/c1-16(19,11-6-7-13-14(8-11)23-10-22-13)9-18-24(20,21)15-5-3-2-4-12(15)17/h2-8,18-19H,9-10H2,1H3. The van der Waals surface area contributed by atoms with E-state index in [1.54, 1.807) is 18.2 Å². The maximum atomic E-state index is 13.7. The summed E-state index contributed by atoms with van der Waals surface area (Å²) in [5.74, 6) is 0.180. The number of sulfonamides is 1. The van der Waals surface area contributed by atoms with Crippen LogP contribution in [0.15, 0.2) is 47.4 Å². The highest BCUT2D eigenvalue weighted by Crippen LogP contribution is 2.35. The number of nitrogens with one attached hydrogen (secondary N) is 1. The molecule has 1 atom stereocenters. The molecule has 0 bridgehead atoms. The molecule has 0 saturated heterocycles. The van der Waals surface area contributed by atoms with Crippen LogP contribution in [0.1, 0.15) is 12.5 Å². The highest BCUT2D eigenvalue weighted by atomic mass is 32.2. The summed E-state index contributed by atoms with van der Waals surface area (Å²) in [6.45, 7) is 1.22. The fourth-order valence-electron chi connectivity index (χ4n) is 2.31. The van der Waals surface area contributed by atoms with Gasteiger partial charge in [0, 0.05) is 6.54 Å². The van der Waals surface area contributed by atoms with Crippen LogP contribution >= 0.6 is 0 Å². The molecule has 3 rings (SSSR count). The van der Waals surface area contributed by atoms with Crippen LogP contribution in [0, 0.1) is 5.82 Å². The molecule has 0 radical (unpaired) electrons. The zero-order valence-electron chi connectivity index (χ0n) is 12.8. The van der Waals surface area contributed by atoms with Gasteiger partial charge >= 0.3 is 0 Å². The van der Waals surface area contributed by atoms with Gasteiger partial charge < -0.3 is 14.6 Å². The van der Waals surface area contributed by atoms with Gasteiger partial charge in [-0.05, 0) is 36.8 Å².